The lowest BCUT2D eigenvalue weighted by Crippen LogP contribution is -2.14. The van der Waals surface area contributed by atoms with Crippen molar-refractivity contribution in [2.45, 2.75) is 0 Å². The number of nitrogens with one attached hydrogen (secondary N) is 1. The summed E-state index contributed by atoms with van der Waals surface area (Å²) in [6.07, 6.45) is 0. The minimum absolute atomic E-state index is 0.111. The molecule has 0 radical (unpaired) electrons. The number of hydrogen-bond donors (Lipinski definition) is 1. The molecule has 1 amide bonds. The van der Waals surface area contributed by atoms with Crippen molar-refractivity contribution in [2.75, 3.05) is 12.4 Å². The van der Waals surface area contributed by atoms with Crippen LogP contribution in [0.2, 0.25) is 5.02 Å². The summed E-state index contributed by atoms with van der Waals surface area (Å²) >= 11 is 9.17. The Balaban J connectivity index is 2.32. The van der Waals surface area contributed by atoms with Gasteiger partial charge in [-0.05, 0) is 52.3 Å². The fourth-order valence-corrected chi connectivity index (χ4v) is 2.32. The number of methoxy groups -OCH3 is 1. The van der Waals surface area contributed by atoms with Crippen molar-refractivity contribution in [3.63, 3.8) is 0 Å². The number of hydrogen-bond acceptors (Lipinski definition) is 3. The van der Waals surface area contributed by atoms with Crippen LogP contribution in [-0.2, 0) is 4.74 Å². The fraction of sp³-hybridized carbons (Fsp3) is 0.0667. The second kappa shape index (κ2) is 6.89. The zero-order valence-corrected chi connectivity index (χ0v) is 13.7. The van der Waals surface area contributed by atoms with Gasteiger partial charge in [0.1, 0.15) is 5.82 Å². The molecule has 2 aromatic rings. The van der Waals surface area contributed by atoms with Gasteiger partial charge in [-0.1, -0.05) is 11.6 Å². The molecule has 0 bridgehead atoms. The van der Waals surface area contributed by atoms with E-state index in [1.807, 2.05) is 0 Å². The molecule has 22 heavy (non-hydrogen) atoms. The van der Waals surface area contributed by atoms with E-state index in [9.17, 15) is 14.0 Å². The lowest BCUT2D eigenvalue weighted by molar-refractivity contribution is 0.0600. The van der Waals surface area contributed by atoms with E-state index < -0.39 is 17.7 Å². The van der Waals surface area contributed by atoms with Crippen molar-refractivity contribution in [2.24, 2.45) is 0 Å². The quantitative estimate of drug-likeness (QED) is 0.801. The maximum Gasteiger partial charge on any atom is 0.337 e. The third-order valence-electron chi connectivity index (χ3n) is 2.81. The predicted octanol–water partition coefficient (Wildman–Crippen LogP) is 4.28. The number of anilines is 1. The van der Waals surface area contributed by atoms with Gasteiger partial charge in [-0.2, -0.15) is 0 Å². The van der Waals surface area contributed by atoms with E-state index in [-0.39, 0.29) is 21.8 Å². The highest BCUT2D eigenvalue weighted by Gasteiger charge is 2.15. The molecule has 0 aliphatic heterocycles. The van der Waals surface area contributed by atoms with E-state index in [4.69, 9.17) is 11.6 Å². The molecular weight excluding hydrogens is 377 g/mol. The van der Waals surface area contributed by atoms with E-state index in [1.165, 1.54) is 37.4 Å². The topological polar surface area (TPSA) is 55.4 Å². The lowest BCUT2D eigenvalue weighted by atomic mass is 10.1. The Hall–Kier alpha value is -1.92. The summed E-state index contributed by atoms with van der Waals surface area (Å²) in [6.45, 7) is 0. The monoisotopic (exact) mass is 385 g/mol. The van der Waals surface area contributed by atoms with Crippen LogP contribution in [0.1, 0.15) is 20.7 Å². The molecule has 2 aromatic carbocycles. The van der Waals surface area contributed by atoms with E-state index in [0.717, 1.165) is 6.07 Å². The van der Waals surface area contributed by atoms with Gasteiger partial charge in [-0.15, -0.1) is 0 Å². The average molecular weight is 387 g/mol. The predicted molar refractivity (Wildman–Crippen MR) is 84.8 cm³/mol. The minimum atomic E-state index is -0.560. The van der Waals surface area contributed by atoms with Crippen LogP contribution >= 0.6 is 27.5 Å². The molecular formula is C15H10BrClFNO3. The molecule has 0 saturated carbocycles. The highest BCUT2D eigenvalue weighted by atomic mass is 79.9. The molecule has 0 fully saturated rings. The zero-order chi connectivity index (χ0) is 16.3. The van der Waals surface area contributed by atoms with Crippen LogP contribution in [0.4, 0.5) is 10.1 Å². The smallest absolute Gasteiger partial charge is 0.337 e. The van der Waals surface area contributed by atoms with Gasteiger partial charge in [-0.3, -0.25) is 4.79 Å². The largest absolute Gasteiger partial charge is 0.465 e. The van der Waals surface area contributed by atoms with Crippen LogP contribution in [0.5, 0.6) is 0 Å². The molecule has 0 saturated heterocycles. The molecule has 114 valence electrons. The van der Waals surface area contributed by atoms with E-state index >= 15 is 0 Å². The SMILES string of the molecule is COC(=O)c1ccc(Cl)c(NC(=O)c2cc(F)ccc2Br)c1. The van der Waals surface area contributed by atoms with E-state index in [2.05, 4.69) is 26.0 Å². The van der Waals surface area contributed by atoms with Gasteiger partial charge in [0.05, 0.1) is 28.9 Å². The highest BCUT2D eigenvalue weighted by Crippen LogP contribution is 2.25. The maximum atomic E-state index is 13.3. The van der Waals surface area contributed by atoms with Crippen LogP contribution < -0.4 is 5.32 Å². The van der Waals surface area contributed by atoms with Crippen LogP contribution in [0, 0.1) is 5.82 Å². The van der Waals surface area contributed by atoms with Crippen molar-refractivity contribution in [3.8, 4) is 0 Å². The molecule has 0 atom stereocenters. The number of rotatable bonds is 3. The molecule has 4 nitrogen and oxygen atoms in total. The molecule has 0 unspecified atom stereocenters. The van der Waals surface area contributed by atoms with Crippen LogP contribution in [0.15, 0.2) is 40.9 Å². The van der Waals surface area contributed by atoms with Crippen LogP contribution in [0.3, 0.4) is 0 Å². The zero-order valence-electron chi connectivity index (χ0n) is 11.3. The van der Waals surface area contributed by atoms with Gasteiger partial charge in [0.2, 0.25) is 0 Å². The van der Waals surface area contributed by atoms with Gasteiger partial charge in [0, 0.05) is 4.47 Å². The summed E-state index contributed by atoms with van der Waals surface area (Å²) in [6, 6.07) is 8.07. The Morgan fingerprint density at radius 1 is 1.23 bits per heavy atom. The number of carbonyl (C=O) groups excluding carboxylic acids is 2. The summed E-state index contributed by atoms with van der Waals surface area (Å²) in [5.74, 6) is -1.66. The molecule has 0 aliphatic carbocycles. The third kappa shape index (κ3) is 3.64. The van der Waals surface area contributed by atoms with Crippen LogP contribution in [0.25, 0.3) is 0 Å². The molecule has 7 heteroatoms. The number of carbonyl (C=O) groups is 2. The number of amides is 1. The molecule has 2 rings (SSSR count). The summed E-state index contributed by atoms with van der Waals surface area (Å²) in [4.78, 5) is 23.7. The highest BCUT2D eigenvalue weighted by molar-refractivity contribution is 9.10. The van der Waals surface area contributed by atoms with Gasteiger partial charge in [-0.25, -0.2) is 9.18 Å². The van der Waals surface area contributed by atoms with Gasteiger partial charge in [0.15, 0.2) is 0 Å². The van der Waals surface area contributed by atoms with Crippen molar-refractivity contribution in [1.82, 2.24) is 0 Å². The Kier molecular flexibility index (Phi) is 5.15. The molecule has 0 spiro atoms. The van der Waals surface area contributed by atoms with Gasteiger partial charge < -0.3 is 10.1 Å². The minimum Gasteiger partial charge on any atom is -0.465 e. The van der Waals surface area contributed by atoms with Crippen molar-refractivity contribution in [3.05, 3.63) is 62.8 Å². The van der Waals surface area contributed by atoms with E-state index in [1.54, 1.807) is 0 Å². The second-order valence-electron chi connectivity index (χ2n) is 4.26. The summed E-state index contributed by atoms with van der Waals surface area (Å²) in [5, 5.41) is 2.78. The Morgan fingerprint density at radius 2 is 1.95 bits per heavy atom. The fourth-order valence-electron chi connectivity index (χ4n) is 1.73. The van der Waals surface area contributed by atoms with Gasteiger partial charge in [0.25, 0.3) is 5.91 Å². The number of benzene rings is 2. The first-order chi connectivity index (χ1) is 10.4. The Labute approximate surface area is 139 Å². The third-order valence-corrected chi connectivity index (χ3v) is 3.83. The van der Waals surface area contributed by atoms with Crippen molar-refractivity contribution in [1.29, 1.82) is 0 Å². The standard InChI is InChI=1S/C15H10BrClFNO3/c1-22-15(21)8-2-5-12(17)13(6-8)19-14(20)10-7-9(18)3-4-11(10)16/h2-7H,1H3,(H,19,20). The first kappa shape index (κ1) is 16.5. The summed E-state index contributed by atoms with van der Waals surface area (Å²) in [7, 11) is 1.25. The summed E-state index contributed by atoms with van der Waals surface area (Å²) in [5.41, 5.74) is 0.575. The normalized spacial score (nSPS) is 10.2. The van der Waals surface area contributed by atoms with Crippen molar-refractivity contribution < 1.29 is 18.7 Å². The van der Waals surface area contributed by atoms with Gasteiger partial charge >= 0.3 is 5.97 Å². The van der Waals surface area contributed by atoms with E-state index in [0.29, 0.717) is 4.47 Å². The van der Waals surface area contributed by atoms with Crippen molar-refractivity contribution >= 4 is 45.1 Å². The maximum absolute atomic E-state index is 13.3. The number of ether oxygens (including phenoxy) is 1. The number of esters is 1. The first-order valence-corrected chi connectivity index (χ1v) is 7.23. The molecule has 1 N–H and O–H groups in total. The summed E-state index contributed by atoms with van der Waals surface area (Å²) < 4.78 is 18.3. The molecule has 0 aromatic heterocycles. The second-order valence-corrected chi connectivity index (χ2v) is 5.53. The molecule has 0 aliphatic rings. The first-order valence-electron chi connectivity index (χ1n) is 6.06. The Bertz CT molecular complexity index is 752. The Morgan fingerprint density at radius 3 is 2.64 bits per heavy atom. The average Bonchev–Trinajstić information content (AvgIpc) is 2.50. The number of halogens is 3. The van der Waals surface area contributed by atoms with Crippen LogP contribution in [-0.4, -0.2) is 19.0 Å². The molecule has 0 heterocycles. The lowest BCUT2D eigenvalue weighted by Gasteiger charge is -2.10.